The van der Waals surface area contributed by atoms with Crippen LogP contribution in [0.4, 0.5) is 34.1 Å². The van der Waals surface area contributed by atoms with Gasteiger partial charge in [-0.2, -0.15) is 11.3 Å². The van der Waals surface area contributed by atoms with E-state index in [1.807, 2.05) is 182 Å². The van der Waals surface area contributed by atoms with Gasteiger partial charge in [0, 0.05) is 108 Å². The van der Waals surface area contributed by atoms with Gasteiger partial charge in [0.2, 0.25) is 31.9 Å². The summed E-state index contributed by atoms with van der Waals surface area (Å²) >= 11 is 1.71. The van der Waals surface area contributed by atoms with Crippen LogP contribution in [0.25, 0.3) is 87.9 Å². The zero-order valence-corrected chi connectivity index (χ0v) is 81.8. The summed E-state index contributed by atoms with van der Waals surface area (Å²) in [6.45, 7) is 12.4. The molecule has 6 aliphatic heterocycles. The van der Waals surface area contributed by atoms with Gasteiger partial charge in [0.25, 0.3) is 0 Å². The minimum absolute atomic E-state index is 0. The number of thiazole rings is 1. The van der Waals surface area contributed by atoms with E-state index in [9.17, 15) is 0 Å². The summed E-state index contributed by atoms with van der Waals surface area (Å²) in [6.07, 6.45) is 5.38. The van der Waals surface area contributed by atoms with Gasteiger partial charge in [-0.3, -0.25) is 15.0 Å². The average Bonchev–Trinajstić information content (AvgIpc) is 1.65. The molecule has 27 rings (SSSR count). The molecule has 0 unspecified atom stereocenters. The largest absolute Gasteiger partial charge is 2.00 e. The molecule has 21 aromatic rings. The summed E-state index contributed by atoms with van der Waals surface area (Å²) in [5.41, 5.74) is 26.0. The molecule has 0 spiro atoms. The molecule has 6 aliphatic rings. The fourth-order valence-corrected chi connectivity index (χ4v) is 19.8. The van der Waals surface area contributed by atoms with Gasteiger partial charge < -0.3 is 52.0 Å². The maximum absolute atomic E-state index is 6.58. The summed E-state index contributed by atoms with van der Waals surface area (Å²) in [7, 11) is 0. The van der Waals surface area contributed by atoms with Gasteiger partial charge in [-0.05, 0) is 171 Å². The molecule has 16 nitrogen and oxygen atoms in total. The molecule has 12 heterocycles. The van der Waals surface area contributed by atoms with Crippen LogP contribution in [0.15, 0.2) is 343 Å². The molecule has 0 radical (unpaired) electrons. The van der Waals surface area contributed by atoms with E-state index in [0.29, 0.717) is 52.3 Å². The first-order valence-electron chi connectivity index (χ1n) is 44.5. The standard InChI is InChI=1S/C42H25BN4S.C38H31BN2O4.C34H17BN2O4.3Pt/c1-3-12-30(13-4-1)46-36-23-21-28(34-16-9-10-25-44-34)26-32(36)43-33-27-29(42-45-35-17-7-8-20-40(35)48-42)22-24-37(33)47(31-14-5-2-6-15-31)39-19-11-18-38(46)41(39)43;1-37(2,3)23-15-16-40-34(20-23)42-25-12-14-30-27(21-25)39-26-17-22(36-41-28-9-7-8-10-31(28)45-36)11-13-29(26)43-32-18-24(38(4,5)6)19-33(44-30)35(32)39;1-2-7-23-20(6-1)16-17-36-34(23)38-22-13-15-28-25(19-22)35-24-18-21(33-37-26-8-3-4-9-29(26)41-33)12-14-27(24)39-30-10-5-11-31(40-28)32(30)35;;;/h1-25H;7-16,18-20H,1-6H3;1-17H;;;/q3*-2;3*+2. The summed E-state index contributed by atoms with van der Waals surface area (Å²) in [6, 6.07) is 128. The normalized spacial score (nSPS) is 12.7. The number of rotatable bonds is 10. The van der Waals surface area contributed by atoms with E-state index in [0.717, 1.165) is 189 Å². The third-order valence-electron chi connectivity index (χ3n) is 25.3. The summed E-state index contributed by atoms with van der Waals surface area (Å²) in [4.78, 5) is 32.9. The Kier molecular flexibility index (Phi) is 22.6. The van der Waals surface area contributed by atoms with Crippen LogP contribution >= 0.6 is 11.3 Å². The predicted octanol–water partition coefficient (Wildman–Crippen LogP) is 22.5. The molecule has 15 aromatic carbocycles. The number of hydrogen-bond acceptors (Lipinski definition) is 17. The molecular weight excluding hydrogens is 2260 g/mol. The molecule has 0 fully saturated rings. The van der Waals surface area contributed by atoms with Crippen molar-refractivity contribution in [2.45, 2.75) is 52.4 Å². The number of aromatic nitrogens is 6. The van der Waals surface area contributed by atoms with Crippen molar-refractivity contribution in [3.63, 3.8) is 0 Å². The monoisotopic (exact) mass is 2330 g/mol. The van der Waals surface area contributed by atoms with Gasteiger partial charge in [0.1, 0.15) is 45.9 Å². The van der Waals surface area contributed by atoms with Crippen molar-refractivity contribution in [1.82, 2.24) is 29.9 Å². The van der Waals surface area contributed by atoms with E-state index in [1.165, 1.54) is 10.2 Å². The third-order valence-corrected chi connectivity index (χ3v) is 26.4. The van der Waals surface area contributed by atoms with Crippen LogP contribution in [0.5, 0.6) is 69.3 Å². The van der Waals surface area contributed by atoms with Crippen molar-refractivity contribution in [1.29, 1.82) is 0 Å². The minimum Gasteiger partial charge on any atom is -0.518 e. The molecule has 23 heteroatoms. The van der Waals surface area contributed by atoms with Crippen molar-refractivity contribution in [3.05, 3.63) is 382 Å². The first-order chi connectivity index (χ1) is 65.6. The Hall–Kier alpha value is -14.5. The van der Waals surface area contributed by atoms with E-state index in [-0.39, 0.29) is 94.2 Å². The van der Waals surface area contributed by atoms with E-state index in [2.05, 4.69) is 237 Å². The average molecular weight is 2330 g/mol. The maximum Gasteiger partial charge on any atom is 2.00 e. The molecule has 0 amide bonds. The number of nitrogens with zero attached hydrogens (tertiary/aromatic N) is 8. The van der Waals surface area contributed by atoms with Gasteiger partial charge in [-0.15, -0.1) is 153 Å². The van der Waals surface area contributed by atoms with Gasteiger partial charge in [0.05, 0.1) is 16.6 Å². The Labute approximate surface area is 838 Å². The molecule has 0 saturated heterocycles. The number of hydrogen-bond donors (Lipinski definition) is 0. The quantitative estimate of drug-likeness (QED) is 0.0937. The molecule has 6 aromatic heterocycles. The Bertz CT molecular complexity index is 8200. The second-order valence-electron chi connectivity index (χ2n) is 35.8. The molecule has 137 heavy (non-hydrogen) atoms. The smallest absolute Gasteiger partial charge is 0.518 e. The SMILES string of the molecule is CC(C)(C)c1ccnc(Oc2[c-]c3c(cc2)Oc2cc(C(C)(C)C)cc4c2B3c2[c-]c(-c3nc5ccccc5o3)ccc2O4)c1.[Pt+2].[Pt+2].[Pt+2].[c-]1c(-c2ccccn2)ccc2c1B1c3[c-]c(-c4nc5ccccc5s4)ccc3N(c3ccccc3)c3cccc(c31)N2c1ccccc1.[c-]1c(Oc2nccc3ccccc23)ccc2c1B1c3[c-]c(-c4nc5ccccc5o4)ccc3Oc3cccc(c31)O2. The van der Waals surface area contributed by atoms with E-state index < -0.39 is 0 Å². The van der Waals surface area contributed by atoms with Gasteiger partial charge in [-0.1, -0.05) is 168 Å². The van der Waals surface area contributed by atoms with Gasteiger partial charge in [0.15, 0.2) is 0 Å². The Morgan fingerprint density at radius 1 is 0.328 bits per heavy atom. The molecular formula is C114H73B3N8O8Pt3S. The van der Waals surface area contributed by atoms with Crippen molar-refractivity contribution in [2.24, 2.45) is 0 Å². The van der Waals surface area contributed by atoms with E-state index >= 15 is 0 Å². The predicted molar refractivity (Wildman–Crippen MR) is 533 cm³/mol. The van der Waals surface area contributed by atoms with Crippen LogP contribution in [0, 0.1) is 36.4 Å². The fourth-order valence-electron chi connectivity index (χ4n) is 18.9. The molecule has 0 atom stereocenters. The van der Waals surface area contributed by atoms with Crippen molar-refractivity contribution < 1.29 is 100 Å². The zero-order chi connectivity index (χ0) is 89.6. The summed E-state index contributed by atoms with van der Waals surface area (Å²) < 4.78 is 51.8. The third kappa shape index (κ3) is 15.8. The van der Waals surface area contributed by atoms with Crippen LogP contribution in [0.2, 0.25) is 0 Å². The fraction of sp³-hybridized carbons (Fsp3) is 0.0702. The second kappa shape index (κ2) is 35.3. The van der Waals surface area contributed by atoms with Crippen LogP contribution in [-0.2, 0) is 74.0 Å². The van der Waals surface area contributed by atoms with Crippen LogP contribution < -0.4 is 87.4 Å². The van der Waals surface area contributed by atoms with Gasteiger partial charge >= 0.3 is 63.2 Å². The molecule has 0 aliphatic carbocycles. The number of benzene rings is 15. The molecule has 0 bridgehead atoms. The minimum atomic E-state index is -0.265. The van der Waals surface area contributed by atoms with Crippen molar-refractivity contribution in [2.75, 3.05) is 9.80 Å². The Morgan fingerprint density at radius 3 is 1.38 bits per heavy atom. The van der Waals surface area contributed by atoms with Crippen LogP contribution in [0.1, 0.15) is 52.7 Å². The number of para-hydroxylation sites is 7. The number of ether oxygens (including phenoxy) is 6. The number of oxazole rings is 2. The number of fused-ring (bicyclic) bond motifs is 16. The van der Waals surface area contributed by atoms with Crippen LogP contribution in [-0.4, -0.2) is 50.0 Å². The van der Waals surface area contributed by atoms with Gasteiger partial charge in [-0.25, -0.2) is 9.97 Å². The molecule has 0 N–H and O–H groups in total. The number of anilines is 6. The van der Waals surface area contributed by atoms with Crippen molar-refractivity contribution >= 4 is 158 Å². The zero-order valence-electron chi connectivity index (χ0n) is 74.2. The topological polar surface area (TPSA) is 165 Å². The first kappa shape index (κ1) is 87.8. The Balaban J connectivity index is 0.000000118. The summed E-state index contributed by atoms with van der Waals surface area (Å²) in [5.74, 6) is 8.99. The second-order valence-corrected chi connectivity index (χ2v) is 36.8. The Morgan fingerprint density at radius 2 is 0.803 bits per heavy atom. The van der Waals surface area contributed by atoms with E-state index in [4.69, 9.17) is 57.2 Å². The molecule has 662 valence electrons. The number of pyridine rings is 3. The van der Waals surface area contributed by atoms with Crippen molar-refractivity contribution in [3.8, 4) is 114 Å². The summed E-state index contributed by atoms with van der Waals surface area (Å²) in [5, 5.41) is 2.95. The first-order valence-corrected chi connectivity index (χ1v) is 45.3. The van der Waals surface area contributed by atoms with Crippen LogP contribution in [0.3, 0.4) is 0 Å². The van der Waals surface area contributed by atoms with E-state index in [1.54, 1.807) is 23.7 Å². The molecule has 0 saturated carbocycles. The maximum atomic E-state index is 6.58.